The van der Waals surface area contributed by atoms with Crippen LogP contribution in [0.1, 0.15) is 40.9 Å². The molecule has 0 aliphatic carbocycles. The summed E-state index contributed by atoms with van der Waals surface area (Å²) in [4.78, 5) is 24.4. The molecule has 0 atom stereocenters. The number of carbonyl (C=O) groups excluding carboxylic acids is 1. The zero-order valence-corrected chi connectivity index (χ0v) is 13.7. The Hall–Kier alpha value is -2.54. The number of nitrogens with one attached hydrogen (secondary N) is 1. The second-order valence-corrected chi connectivity index (χ2v) is 6.54. The lowest BCUT2D eigenvalue weighted by Crippen LogP contribution is -2.14. The fourth-order valence-corrected chi connectivity index (χ4v) is 2.80. The van der Waals surface area contributed by atoms with E-state index in [1.165, 1.54) is 17.4 Å². The molecular weight excluding hydrogens is 314 g/mol. The lowest BCUT2D eigenvalue weighted by Gasteiger charge is -2.03. The molecule has 3 aromatic rings. The number of aromatic nitrogens is 2. The molecule has 0 aliphatic rings. The molecule has 1 N–H and O–H groups in total. The number of anilines is 1. The minimum absolute atomic E-state index is 0.0485. The molecule has 0 saturated heterocycles. The quantitative estimate of drug-likeness (QED) is 0.796. The van der Waals surface area contributed by atoms with E-state index >= 15 is 0 Å². The number of hydrogen-bond donors (Lipinski definition) is 1. The molecule has 2 aromatic heterocycles. The van der Waals surface area contributed by atoms with Crippen molar-refractivity contribution in [2.45, 2.75) is 26.7 Å². The second-order valence-electron chi connectivity index (χ2n) is 5.53. The smallest absolute Gasteiger partial charge is 0.293 e. The van der Waals surface area contributed by atoms with E-state index in [0.29, 0.717) is 16.1 Å². The lowest BCUT2D eigenvalue weighted by molar-refractivity contribution is 0.0997. The summed E-state index contributed by atoms with van der Waals surface area (Å²) < 4.78 is 5.53. The van der Waals surface area contributed by atoms with Crippen molar-refractivity contribution in [3.05, 3.63) is 50.8 Å². The zero-order valence-electron chi connectivity index (χ0n) is 12.9. The van der Waals surface area contributed by atoms with Gasteiger partial charge in [0.1, 0.15) is 10.6 Å². The maximum absolute atomic E-state index is 12.3. The average molecular weight is 329 g/mol. The summed E-state index contributed by atoms with van der Waals surface area (Å²) in [5, 5.41) is 12.2. The van der Waals surface area contributed by atoms with Crippen molar-refractivity contribution in [3.63, 3.8) is 0 Å². The Balaban J connectivity index is 1.91. The maximum atomic E-state index is 12.3. The molecule has 6 nitrogen and oxygen atoms in total. The van der Waals surface area contributed by atoms with Gasteiger partial charge in [-0.25, -0.2) is 0 Å². The zero-order chi connectivity index (χ0) is 16.6. The van der Waals surface area contributed by atoms with Crippen LogP contribution in [-0.4, -0.2) is 16.1 Å². The first-order chi connectivity index (χ1) is 10.9. The molecule has 23 heavy (non-hydrogen) atoms. The fourth-order valence-electron chi connectivity index (χ4n) is 2.06. The van der Waals surface area contributed by atoms with Crippen LogP contribution in [0.5, 0.6) is 0 Å². The number of carbonyl (C=O) groups is 1. The Kier molecular flexibility index (Phi) is 3.96. The Morgan fingerprint density at radius 1 is 1.26 bits per heavy atom. The largest absolute Gasteiger partial charge is 0.451 e. The third kappa shape index (κ3) is 3.14. The number of benzene rings is 1. The van der Waals surface area contributed by atoms with Crippen molar-refractivity contribution in [2.75, 3.05) is 5.32 Å². The summed E-state index contributed by atoms with van der Waals surface area (Å²) in [7, 11) is 0. The third-order valence-electron chi connectivity index (χ3n) is 3.26. The van der Waals surface area contributed by atoms with Crippen molar-refractivity contribution >= 4 is 33.3 Å². The minimum Gasteiger partial charge on any atom is -0.451 e. The highest BCUT2D eigenvalue weighted by Crippen LogP contribution is 2.23. The van der Waals surface area contributed by atoms with Gasteiger partial charge in [-0.3, -0.25) is 14.9 Å². The van der Waals surface area contributed by atoms with Crippen molar-refractivity contribution in [2.24, 2.45) is 0 Å². The molecule has 2 heterocycles. The van der Waals surface area contributed by atoms with Crippen molar-refractivity contribution in [1.29, 1.82) is 0 Å². The van der Waals surface area contributed by atoms with Gasteiger partial charge in [0.25, 0.3) is 5.91 Å². The average Bonchev–Trinajstić information content (AvgIpc) is 2.96. The molecular formula is C16H15N3O3S. The topological polar surface area (TPSA) is 85.1 Å². The van der Waals surface area contributed by atoms with E-state index in [2.05, 4.69) is 15.5 Å². The highest BCUT2D eigenvalue weighted by atomic mass is 32.1. The molecule has 0 bridgehead atoms. The first-order valence-corrected chi connectivity index (χ1v) is 7.95. The highest BCUT2D eigenvalue weighted by Gasteiger charge is 2.15. The second kappa shape index (κ2) is 5.92. The van der Waals surface area contributed by atoms with Crippen LogP contribution in [-0.2, 0) is 0 Å². The van der Waals surface area contributed by atoms with Gasteiger partial charge in [-0.2, -0.15) is 0 Å². The van der Waals surface area contributed by atoms with Gasteiger partial charge in [-0.05, 0) is 19.1 Å². The molecule has 0 unspecified atom stereocenters. The van der Waals surface area contributed by atoms with E-state index in [1.54, 1.807) is 12.1 Å². The molecule has 7 heteroatoms. The Labute approximate surface area is 136 Å². The number of amides is 1. The summed E-state index contributed by atoms with van der Waals surface area (Å²) in [6.45, 7) is 5.88. The van der Waals surface area contributed by atoms with Crippen molar-refractivity contribution < 1.29 is 9.21 Å². The summed E-state index contributed by atoms with van der Waals surface area (Å²) in [6, 6.07) is 6.45. The molecule has 0 aliphatic heterocycles. The van der Waals surface area contributed by atoms with E-state index in [1.807, 2.05) is 26.8 Å². The van der Waals surface area contributed by atoms with Crippen LogP contribution < -0.4 is 10.7 Å². The van der Waals surface area contributed by atoms with E-state index < -0.39 is 5.91 Å². The van der Waals surface area contributed by atoms with E-state index in [0.717, 1.165) is 10.6 Å². The number of hydrogen-bond acceptors (Lipinski definition) is 6. The Bertz CT molecular complexity index is 943. The molecule has 3 rings (SSSR count). The molecule has 118 valence electrons. The molecule has 0 spiro atoms. The molecule has 1 aromatic carbocycles. The first kappa shape index (κ1) is 15.4. The third-order valence-corrected chi connectivity index (χ3v) is 4.40. The van der Waals surface area contributed by atoms with Crippen LogP contribution in [0.25, 0.3) is 11.0 Å². The van der Waals surface area contributed by atoms with Crippen LogP contribution in [0.15, 0.2) is 33.5 Å². The van der Waals surface area contributed by atoms with Crippen molar-refractivity contribution in [3.8, 4) is 0 Å². The predicted octanol–water partition coefficient (Wildman–Crippen LogP) is 3.33. The summed E-state index contributed by atoms with van der Waals surface area (Å²) in [5.41, 5.74) is 1.09. The monoisotopic (exact) mass is 329 g/mol. The van der Waals surface area contributed by atoms with Crippen LogP contribution in [0.4, 0.5) is 5.13 Å². The maximum Gasteiger partial charge on any atom is 0.293 e. The SMILES string of the molecule is Cc1ccc2oc(C(=O)Nc3nnc(C(C)C)s3)cc(=O)c2c1. The van der Waals surface area contributed by atoms with Gasteiger partial charge in [-0.1, -0.05) is 36.8 Å². The van der Waals surface area contributed by atoms with Gasteiger partial charge >= 0.3 is 0 Å². The van der Waals surface area contributed by atoms with E-state index in [-0.39, 0.29) is 17.1 Å². The Morgan fingerprint density at radius 3 is 2.74 bits per heavy atom. The summed E-state index contributed by atoms with van der Waals surface area (Å²) in [6.07, 6.45) is 0. The summed E-state index contributed by atoms with van der Waals surface area (Å²) >= 11 is 1.30. The normalized spacial score (nSPS) is 11.1. The number of fused-ring (bicyclic) bond motifs is 1. The van der Waals surface area contributed by atoms with Gasteiger partial charge in [-0.15, -0.1) is 10.2 Å². The predicted molar refractivity (Wildman–Crippen MR) is 89.2 cm³/mol. The lowest BCUT2D eigenvalue weighted by atomic mass is 10.1. The van der Waals surface area contributed by atoms with Crippen LogP contribution in [0, 0.1) is 6.92 Å². The van der Waals surface area contributed by atoms with E-state index in [9.17, 15) is 9.59 Å². The highest BCUT2D eigenvalue weighted by molar-refractivity contribution is 7.15. The standard InChI is InChI=1S/C16H15N3O3S/c1-8(2)15-18-19-16(23-15)17-14(21)13-7-11(20)10-6-9(3)4-5-12(10)22-13/h4-8H,1-3H3,(H,17,19,21). The van der Waals surface area contributed by atoms with Crippen LogP contribution in [0.2, 0.25) is 0 Å². The molecule has 0 saturated carbocycles. The number of nitrogens with zero attached hydrogens (tertiary/aromatic N) is 2. The molecule has 0 fully saturated rings. The number of rotatable bonds is 3. The van der Waals surface area contributed by atoms with E-state index in [4.69, 9.17) is 4.42 Å². The fraction of sp³-hybridized carbons (Fsp3) is 0.250. The van der Waals surface area contributed by atoms with Crippen molar-refractivity contribution in [1.82, 2.24) is 10.2 Å². The summed E-state index contributed by atoms with van der Waals surface area (Å²) in [5.74, 6) is -0.330. The molecule has 1 amide bonds. The van der Waals surface area contributed by atoms with Gasteiger partial charge in [0.2, 0.25) is 5.13 Å². The first-order valence-electron chi connectivity index (χ1n) is 7.13. The van der Waals surface area contributed by atoms with Crippen LogP contribution in [0.3, 0.4) is 0 Å². The van der Waals surface area contributed by atoms with Gasteiger partial charge in [0, 0.05) is 12.0 Å². The van der Waals surface area contributed by atoms with Gasteiger partial charge in [0.05, 0.1) is 5.39 Å². The minimum atomic E-state index is -0.518. The van der Waals surface area contributed by atoms with Crippen LogP contribution >= 0.6 is 11.3 Å². The van der Waals surface area contributed by atoms with Gasteiger partial charge < -0.3 is 4.42 Å². The molecule has 0 radical (unpaired) electrons. The Morgan fingerprint density at radius 2 is 2.04 bits per heavy atom. The van der Waals surface area contributed by atoms with Gasteiger partial charge in [0.15, 0.2) is 11.2 Å². The number of aryl methyl sites for hydroxylation is 1.